The lowest BCUT2D eigenvalue weighted by Crippen LogP contribution is -2.20. The number of ether oxygens (including phenoxy) is 2. The van der Waals surface area contributed by atoms with Crippen LogP contribution in [0, 0.1) is 6.92 Å². The summed E-state index contributed by atoms with van der Waals surface area (Å²) in [5, 5.41) is 9.00. The zero-order valence-electron chi connectivity index (χ0n) is 13.3. The van der Waals surface area contributed by atoms with Gasteiger partial charge in [-0.15, -0.1) is 0 Å². The van der Waals surface area contributed by atoms with Gasteiger partial charge in [-0.2, -0.15) is 0 Å². The van der Waals surface area contributed by atoms with Crippen molar-refractivity contribution in [3.8, 4) is 11.5 Å². The lowest BCUT2D eigenvalue weighted by atomic mass is 10.1. The number of nitrogens with two attached hydrogens (primary N) is 1. The van der Waals surface area contributed by atoms with Gasteiger partial charge in [-0.1, -0.05) is 35.9 Å². The summed E-state index contributed by atoms with van der Waals surface area (Å²) in [4.78, 5) is 11.0. The molecule has 122 valence electrons. The van der Waals surface area contributed by atoms with E-state index in [4.69, 9.17) is 20.3 Å². The van der Waals surface area contributed by atoms with E-state index >= 15 is 0 Å². The molecule has 5 heteroatoms. The molecule has 0 aliphatic carbocycles. The van der Waals surface area contributed by atoms with E-state index in [0.29, 0.717) is 30.3 Å². The lowest BCUT2D eigenvalue weighted by molar-refractivity contribution is -0.138. The van der Waals surface area contributed by atoms with E-state index in [9.17, 15) is 4.79 Å². The minimum Gasteiger partial charge on any atom is -0.490 e. The van der Waals surface area contributed by atoms with Gasteiger partial charge in [0.25, 0.3) is 0 Å². The molecule has 0 spiro atoms. The van der Waals surface area contributed by atoms with Crippen molar-refractivity contribution in [2.45, 2.75) is 26.5 Å². The van der Waals surface area contributed by atoms with E-state index < -0.39 is 12.0 Å². The Hall–Kier alpha value is -2.53. The fraction of sp³-hybridized carbons (Fsp3) is 0.278. The Morgan fingerprint density at radius 3 is 2.43 bits per heavy atom. The summed E-state index contributed by atoms with van der Waals surface area (Å²) in [5.41, 5.74) is 8.35. The highest BCUT2D eigenvalue weighted by Crippen LogP contribution is 2.31. The van der Waals surface area contributed by atoms with Gasteiger partial charge in [-0.3, -0.25) is 4.79 Å². The van der Waals surface area contributed by atoms with Gasteiger partial charge in [0.1, 0.15) is 12.6 Å². The third-order valence-corrected chi connectivity index (χ3v) is 3.41. The SMILES string of the molecule is CCOc1cc(C(N)C(=O)O)ccc1OCc1ccc(C)cc1. The molecule has 0 fully saturated rings. The monoisotopic (exact) mass is 315 g/mol. The lowest BCUT2D eigenvalue weighted by Gasteiger charge is -2.15. The normalized spacial score (nSPS) is 11.8. The maximum absolute atomic E-state index is 11.0. The zero-order valence-corrected chi connectivity index (χ0v) is 13.3. The van der Waals surface area contributed by atoms with Gasteiger partial charge in [-0.25, -0.2) is 0 Å². The quantitative estimate of drug-likeness (QED) is 0.820. The van der Waals surface area contributed by atoms with Crippen LogP contribution in [-0.4, -0.2) is 17.7 Å². The fourth-order valence-corrected chi connectivity index (χ4v) is 2.09. The van der Waals surface area contributed by atoms with Crippen molar-refractivity contribution in [2.24, 2.45) is 5.73 Å². The van der Waals surface area contributed by atoms with Crippen molar-refractivity contribution in [2.75, 3.05) is 6.61 Å². The van der Waals surface area contributed by atoms with Crippen molar-refractivity contribution in [1.29, 1.82) is 0 Å². The highest BCUT2D eigenvalue weighted by atomic mass is 16.5. The van der Waals surface area contributed by atoms with Gasteiger partial charge in [0.2, 0.25) is 0 Å². The van der Waals surface area contributed by atoms with Crippen molar-refractivity contribution in [1.82, 2.24) is 0 Å². The Morgan fingerprint density at radius 1 is 1.13 bits per heavy atom. The van der Waals surface area contributed by atoms with Gasteiger partial charge in [0.05, 0.1) is 6.61 Å². The summed E-state index contributed by atoms with van der Waals surface area (Å²) in [6.07, 6.45) is 0. The van der Waals surface area contributed by atoms with Crippen LogP contribution in [0.25, 0.3) is 0 Å². The molecule has 3 N–H and O–H groups in total. The molecule has 0 aromatic heterocycles. The van der Waals surface area contributed by atoms with Crippen LogP contribution >= 0.6 is 0 Å². The fourth-order valence-electron chi connectivity index (χ4n) is 2.09. The highest BCUT2D eigenvalue weighted by molar-refractivity contribution is 5.75. The van der Waals surface area contributed by atoms with E-state index in [1.807, 2.05) is 38.1 Å². The summed E-state index contributed by atoms with van der Waals surface area (Å²) in [6.45, 7) is 4.74. The topological polar surface area (TPSA) is 81.8 Å². The molecule has 0 saturated heterocycles. The largest absolute Gasteiger partial charge is 0.490 e. The molecule has 0 amide bonds. The third kappa shape index (κ3) is 4.47. The average Bonchev–Trinajstić information content (AvgIpc) is 2.54. The van der Waals surface area contributed by atoms with Crippen molar-refractivity contribution in [3.63, 3.8) is 0 Å². The summed E-state index contributed by atoms with van der Waals surface area (Å²) in [5.74, 6) is -0.0247. The number of rotatable bonds is 7. The predicted octanol–water partition coefficient (Wildman–Crippen LogP) is 3.06. The van der Waals surface area contributed by atoms with E-state index in [-0.39, 0.29) is 0 Å². The van der Waals surface area contributed by atoms with Crippen LogP contribution in [0.2, 0.25) is 0 Å². The first-order valence-corrected chi connectivity index (χ1v) is 7.44. The minimum atomic E-state index is -1.08. The summed E-state index contributed by atoms with van der Waals surface area (Å²) >= 11 is 0. The molecular weight excluding hydrogens is 294 g/mol. The first-order chi connectivity index (χ1) is 11.0. The van der Waals surface area contributed by atoms with Crippen LogP contribution in [-0.2, 0) is 11.4 Å². The Morgan fingerprint density at radius 2 is 1.83 bits per heavy atom. The maximum atomic E-state index is 11.0. The molecule has 5 nitrogen and oxygen atoms in total. The second-order valence-electron chi connectivity index (χ2n) is 5.23. The maximum Gasteiger partial charge on any atom is 0.325 e. The first kappa shape index (κ1) is 16.8. The molecule has 0 aliphatic heterocycles. The number of aliphatic carboxylic acids is 1. The summed E-state index contributed by atoms with van der Waals surface area (Å²) in [7, 11) is 0. The molecule has 2 rings (SSSR count). The molecule has 0 radical (unpaired) electrons. The summed E-state index contributed by atoms with van der Waals surface area (Å²) in [6, 6.07) is 11.9. The van der Waals surface area contributed by atoms with E-state index in [1.165, 1.54) is 5.56 Å². The summed E-state index contributed by atoms with van der Waals surface area (Å²) < 4.78 is 11.3. The molecule has 1 unspecified atom stereocenters. The number of carboxylic acids is 1. The average molecular weight is 315 g/mol. The molecular formula is C18H21NO4. The van der Waals surface area contributed by atoms with Gasteiger partial charge >= 0.3 is 5.97 Å². The number of hydrogen-bond donors (Lipinski definition) is 2. The minimum absolute atomic E-state index is 0.407. The number of hydrogen-bond acceptors (Lipinski definition) is 4. The van der Waals surface area contributed by atoms with Crippen molar-refractivity contribution < 1.29 is 19.4 Å². The Kier molecular flexibility index (Phi) is 5.60. The van der Waals surface area contributed by atoms with Crippen LogP contribution in [0.5, 0.6) is 11.5 Å². The van der Waals surface area contributed by atoms with Crippen LogP contribution in [0.3, 0.4) is 0 Å². The third-order valence-electron chi connectivity index (χ3n) is 3.41. The number of carbonyl (C=O) groups is 1. The van der Waals surface area contributed by atoms with Crippen molar-refractivity contribution in [3.05, 3.63) is 59.2 Å². The molecule has 2 aromatic carbocycles. The number of carboxylic acid groups (broad SMARTS) is 1. The highest BCUT2D eigenvalue weighted by Gasteiger charge is 2.17. The van der Waals surface area contributed by atoms with Gasteiger partial charge in [0, 0.05) is 0 Å². The van der Waals surface area contributed by atoms with Crippen LogP contribution in [0.15, 0.2) is 42.5 Å². The van der Waals surface area contributed by atoms with Gasteiger partial charge in [0.15, 0.2) is 11.5 Å². The van der Waals surface area contributed by atoms with E-state index in [1.54, 1.807) is 18.2 Å². The van der Waals surface area contributed by atoms with Gasteiger partial charge < -0.3 is 20.3 Å². The van der Waals surface area contributed by atoms with Crippen LogP contribution in [0.4, 0.5) is 0 Å². The molecule has 23 heavy (non-hydrogen) atoms. The molecule has 2 aromatic rings. The Labute approximate surface area is 135 Å². The molecule has 0 heterocycles. The second kappa shape index (κ2) is 7.65. The standard InChI is InChI=1S/C18H21NO4/c1-3-22-16-10-14(17(19)18(20)21)8-9-15(16)23-11-13-6-4-12(2)5-7-13/h4-10,17H,3,11,19H2,1-2H3,(H,20,21). The number of benzene rings is 2. The Balaban J connectivity index is 2.16. The van der Waals surface area contributed by atoms with Gasteiger partial charge in [-0.05, 0) is 37.1 Å². The van der Waals surface area contributed by atoms with E-state index in [0.717, 1.165) is 5.56 Å². The van der Waals surface area contributed by atoms with Crippen molar-refractivity contribution >= 4 is 5.97 Å². The molecule has 0 saturated carbocycles. The molecule has 0 aliphatic rings. The number of aryl methyl sites for hydroxylation is 1. The predicted molar refractivity (Wildman–Crippen MR) is 87.7 cm³/mol. The Bertz CT molecular complexity index is 667. The smallest absolute Gasteiger partial charge is 0.325 e. The zero-order chi connectivity index (χ0) is 16.8. The van der Waals surface area contributed by atoms with Crippen LogP contribution < -0.4 is 15.2 Å². The molecule has 1 atom stereocenters. The second-order valence-corrected chi connectivity index (χ2v) is 5.23. The van der Waals surface area contributed by atoms with E-state index in [2.05, 4.69) is 0 Å². The first-order valence-electron chi connectivity index (χ1n) is 7.44. The van der Waals surface area contributed by atoms with Crippen LogP contribution in [0.1, 0.15) is 29.7 Å². The molecule has 0 bridgehead atoms.